The Labute approximate surface area is 224 Å². The number of hydrogen-bond acceptors (Lipinski definition) is 7. The molecule has 1 fully saturated rings. The fourth-order valence-electron chi connectivity index (χ4n) is 4.16. The van der Waals surface area contributed by atoms with Gasteiger partial charge >= 0.3 is 5.97 Å². The number of rotatable bonds is 11. The molecule has 38 heavy (non-hydrogen) atoms. The number of amides is 2. The van der Waals surface area contributed by atoms with E-state index in [-0.39, 0.29) is 36.9 Å². The molecule has 1 unspecified atom stereocenters. The zero-order valence-electron chi connectivity index (χ0n) is 21.8. The highest BCUT2D eigenvalue weighted by Crippen LogP contribution is 2.20. The molecule has 1 heterocycles. The number of hydrogen-bond donors (Lipinski definition) is 4. The van der Waals surface area contributed by atoms with E-state index in [1.54, 1.807) is 43.3 Å². The Bertz CT molecular complexity index is 1150. The molecular formula is C27H34BN5O5. The first-order valence-electron chi connectivity index (χ1n) is 12.6. The summed E-state index contributed by atoms with van der Waals surface area (Å²) in [5.74, 6) is -0.587. The van der Waals surface area contributed by atoms with E-state index < -0.39 is 11.8 Å². The lowest BCUT2D eigenvalue weighted by Gasteiger charge is -2.31. The maximum Gasteiger partial charge on any atom is 0.320 e. The van der Waals surface area contributed by atoms with Gasteiger partial charge in [0.2, 0.25) is 11.8 Å². The van der Waals surface area contributed by atoms with Gasteiger partial charge in [0.15, 0.2) is 0 Å². The van der Waals surface area contributed by atoms with Crippen LogP contribution in [-0.4, -0.2) is 68.7 Å². The van der Waals surface area contributed by atoms with Crippen LogP contribution in [0.15, 0.2) is 42.5 Å². The Hall–Kier alpha value is -3.86. The summed E-state index contributed by atoms with van der Waals surface area (Å²) in [4.78, 5) is 38.4. The number of likely N-dealkylation sites (tertiary alicyclic amines) is 1. The van der Waals surface area contributed by atoms with Gasteiger partial charge < -0.3 is 25.8 Å². The van der Waals surface area contributed by atoms with Gasteiger partial charge in [-0.3, -0.25) is 24.7 Å². The molecule has 5 N–H and O–H groups in total. The molecule has 1 atom stereocenters. The lowest BCUT2D eigenvalue weighted by atomic mass is 9.91. The van der Waals surface area contributed by atoms with Crippen molar-refractivity contribution in [2.45, 2.75) is 45.3 Å². The van der Waals surface area contributed by atoms with E-state index in [1.807, 2.05) is 13.0 Å². The molecule has 0 bridgehead atoms. The number of piperidine rings is 1. The molecule has 1 aliphatic heterocycles. The Balaban J connectivity index is 1.45. The maximum atomic E-state index is 12.4. The molecular weight excluding hydrogens is 485 g/mol. The number of nitrogen functional groups attached to an aromatic ring is 1. The standard InChI is InChI=1S/C27H34BN5O5/c1-3-37-26(36)16-33-12-10-21(11-13-33)38-23-9-6-19(14-22(23)28)17(2)31-24(34)15-25(35)32-20-7-4-18(5-8-20)27(29)30/h4-9,14,17,21H,3,10-13,15-16H2,1-2H3,(H3,29,30)(H,31,34)(H,32,35). The van der Waals surface area contributed by atoms with Gasteiger partial charge in [0, 0.05) is 24.3 Å². The first kappa shape index (κ1) is 28.7. The summed E-state index contributed by atoms with van der Waals surface area (Å²) in [6, 6.07) is 11.5. The molecule has 0 spiro atoms. The number of anilines is 1. The van der Waals surface area contributed by atoms with Crippen molar-refractivity contribution in [3.8, 4) is 5.75 Å². The van der Waals surface area contributed by atoms with E-state index in [2.05, 4.69) is 15.5 Å². The topological polar surface area (TPSA) is 147 Å². The first-order chi connectivity index (χ1) is 18.1. The number of nitrogens with zero attached hydrogens (tertiary/aromatic N) is 1. The molecule has 0 aromatic heterocycles. The summed E-state index contributed by atoms with van der Waals surface area (Å²) < 4.78 is 11.1. The fourth-order valence-corrected chi connectivity index (χ4v) is 4.16. The van der Waals surface area contributed by atoms with Gasteiger partial charge in [-0.1, -0.05) is 17.6 Å². The molecule has 11 heteroatoms. The molecule has 200 valence electrons. The van der Waals surface area contributed by atoms with Crippen LogP contribution >= 0.6 is 0 Å². The quantitative estimate of drug-likeness (QED) is 0.115. The average molecular weight is 519 g/mol. The van der Waals surface area contributed by atoms with Gasteiger partial charge in [-0.15, -0.1) is 0 Å². The zero-order chi connectivity index (χ0) is 27.7. The number of nitrogens with one attached hydrogen (secondary N) is 3. The van der Waals surface area contributed by atoms with Crippen molar-refractivity contribution in [2.24, 2.45) is 5.73 Å². The lowest BCUT2D eigenvalue weighted by molar-refractivity contribution is -0.145. The minimum absolute atomic E-state index is 0.00380. The average Bonchev–Trinajstić information content (AvgIpc) is 2.86. The van der Waals surface area contributed by atoms with Gasteiger partial charge in [-0.05, 0) is 62.6 Å². The summed E-state index contributed by atoms with van der Waals surface area (Å²) in [6.07, 6.45) is 1.20. The molecule has 1 aliphatic rings. The predicted molar refractivity (Wildman–Crippen MR) is 146 cm³/mol. The van der Waals surface area contributed by atoms with E-state index in [0.29, 0.717) is 29.1 Å². The van der Waals surface area contributed by atoms with Gasteiger partial charge in [-0.25, -0.2) is 0 Å². The third-order valence-electron chi connectivity index (χ3n) is 6.20. The first-order valence-corrected chi connectivity index (χ1v) is 12.6. The summed E-state index contributed by atoms with van der Waals surface area (Å²) in [5, 5.41) is 12.9. The monoisotopic (exact) mass is 519 g/mol. The predicted octanol–water partition coefficient (Wildman–Crippen LogP) is 1.38. The van der Waals surface area contributed by atoms with Crippen molar-refractivity contribution >= 4 is 42.6 Å². The summed E-state index contributed by atoms with van der Waals surface area (Å²) in [6.45, 7) is 5.75. The van der Waals surface area contributed by atoms with E-state index in [4.69, 9.17) is 28.5 Å². The molecule has 0 aliphatic carbocycles. The second-order valence-corrected chi connectivity index (χ2v) is 9.20. The number of ether oxygens (including phenoxy) is 2. The van der Waals surface area contributed by atoms with Crippen LogP contribution in [-0.2, 0) is 19.1 Å². The van der Waals surface area contributed by atoms with Crippen molar-refractivity contribution < 1.29 is 23.9 Å². The molecule has 0 saturated carbocycles. The van der Waals surface area contributed by atoms with Gasteiger partial charge in [-0.2, -0.15) is 0 Å². The Kier molecular flexibility index (Phi) is 10.3. The van der Waals surface area contributed by atoms with Crippen LogP contribution in [0.3, 0.4) is 0 Å². The van der Waals surface area contributed by atoms with Crippen LogP contribution in [0, 0.1) is 5.41 Å². The number of esters is 1. The third kappa shape index (κ3) is 8.62. The molecule has 10 nitrogen and oxygen atoms in total. The third-order valence-corrected chi connectivity index (χ3v) is 6.20. The molecule has 2 aromatic carbocycles. The highest BCUT2D eigenvalue weighted by molar-refractivity contribution is 6.34. The zero-order valence-corrected chi connectivity index (χ0v) is 21.8. The highest BCUT2D eigenvalue weighted by atomic mass is 16.5. The normalized spacial score (nSPS) is 14.8. The number of benzene rings is 2. The molecule has 2 amide bonds. The lowest BCUT2D eigenvalue weighted by Crippen LogP contribution is -2.41. The van der Waals surface area contributed by atoms with E-state index >= 15 is 0 Å². The minimum Gasteiger partial charge on any atom is -0.491 e. The van der Waals surface area contributed by atoms with Crippen LogP contribution in [0.1, 0.15) is 50.3 Å². The van der Waals surface area contributed by atoms with Crippen LogP contribution < -0.4 is 26.6 Å². The second kappa shape index (κ2) is 13.6. The van der Waals surface area contributed by atoms with Crippen LogP contribution in [0.2, 0.25) is 0 Å². The molecule has 2 radical (unpaired) electrons. The maximum absolute atomic E-state index is 12.4. The summed E-state index contributed by atoms with van der Waals surface area (Å²) in [7, 11) is 6.24. The Morgan fingerprint density at radius 1 is 1.13 bits per heavy atom. The van der Waals surface area contributed by atoms with Crippen LogP contribution in [0.4, 0.5) is 5.69 Å². The van der Waals surface area contributed by atoms with Crippen molar-refractivity contribution in [3.05, 3.63) is 53.6 Å². The minimum atomic E-state index is -0.457. The number of carbonyl (C=O) groups is 3. The molecule has 2 aromatic rings. The second-order valence-electron chi connectivity index (χ2n) is 9.20. The van der Waals surface area contributed by atoms with E-state index in [9.17, 15) is 14.4 Å². The fraction of sp³-hybridized carbons (Fsp3) is 0.407. The van der Waals surface area contributed by atoms with Gasteiger partial charge in [0.1, 0.15) is 32.0 Å². The smallest absolute Gasteiger partial charge is 0.320 e. The van der Waals surface area contributed by atoms with Gasteiger partial charge in [0.25, 0.3) is 0 Å². The largest absolute Gasteiger partial charge is 0.491 e. The van der Waals surface area contributed by atoms with Crippen molar-refractivity contribution in [3.63, 3.8) is 0 Å². The summed E-state index contributed by atoms with van der Waals surface area (Å²) in [5.41, 5.74) is 7.72. The highest BCUT2D eigenvalue weighted by Gasteiger charge is 2.23. The Morgan fingerprint density at radius 3 is 2.42 bits per heavy atom. The molecule has 1 saturated heterocycles. The van der Waals surface area contributed by atoms with Gasteiger partial charge in [0.05, 0.1) is 19.2 Å². The Morgan fingerprint density at radius 2 is 1.82 bits per heavy atom. The number of amidine groups is 1. The number of carbonyl (C=O) groups excluding carboxylic acids is 3. The van der Waals surface area contributed by atoms with E-state index in [0.717, 1.165) is 31.5 Å². The SMILES string of the molecule is [B]c1cc(C(C)NC(=O)CC(=O)Nc2ccc(C(=N)N)cc2)ccc1OC1CCN(CC(=O)OCC)CC1. The van der Waals surface area contributed by atoms with E-state index in [1.165, 1.54) is 0 Å². The van der Waals surface area contributed by atoms with Crippen molar-refractivity contribution in [2.75, 3.05) is 31.6 Å². The van der Waals surface area contributed by atoms with Crippen molar-refractivity contribution in [1.82, 2.24) is 10.2 Å². The van der Waals surface area contributed by atoms with Crippen molar-refractivity contribution in [1.29, 1.82) is 5.41 Å². The number of nitrogens with two attached hydrogens (primary N) is 1. The molecule has 3 rings (SSSR count). The van der Waals surface area contributed by atoms with Crippen LogP contribution in [0.25, 0.3) is 0 Å². The van der Waals surface area contributed by atoms with Crippen LogP contribution in [0.5, 0.6) is 5.75 Å². The summed E-state index contributed by atoms with van der Waals surface area (Å²) >= 11 is 0.